The number of nitrogens with two attached hydrogens (primary N) is 1. The molecule has 9 heteroatoms. The van der Waals surface area contributed by atoms with Gasteiger partial charge in [-0.1, -0.05) is 17.7 Å². The highest BCUT2D eigenvalue weighted by Gasteiger charge is 2.47. The Morgan fingerprint density at radius 3 is 2.73 bits per heavy atom. The summed E-state index contributed by atoms with van der Waals surface area (Å²) in [6, 6.07) is 3.09. The molecule has 30 heavy (non-hydrogen) atoms. The molecule has 0 bridgehead atoms. The molecule has 2 atom stereocenters. The maximum atomic E-state index is 14.5. The number of hydrogen-bond donors (Lipinski definition) is 1. The Balaban J connectivity index is 1.42. The summed E-state index contributed by atoms with van der Waals surface area (Å²) >= 11 is 6.35. The second-order valence-electron chi connectivity index (χ2n) is 8.41. The molecule has 2 aliphatic heterocycles. The molecule has 0 amide bonds. The van der Waals surface area contributed by atoms with Crippen LogP contribution in [0.5, 0.6) is 0 Å². The second-order valence-corrected chi connectivity index (χ2v) is 8.79. The van der Waals surface area contributed by atoms with E-state index in [1.807, 2.05) is 13.8 Å². The number of aromatic nitrogens is 4. The van der Waals surface area contributed by atoms with Crippen molar-refractivity contribution in [2.45, 2.75) is 38.8 Å². The summed E-state index contributed by atoms with van der Waals surface area (Å²) in [6.07, 6.45) is 5.33. The number of anilines is 1. The molecule has 0 unspecified atom stereocenters. The first-order valence-corrected chi connectivity index (χ1v) is 10.6. The number of piperidine rings is 1. The standard InChI is InChI=1S/C21H24ClFN6O/c1-12-3-4-14(23)18(17(12)22)29-20-15(9-26-29)27-16(10-25-20)28-7-5-21(6-8-28)11-30-13(2)19(21)24/h3-4,9-10,13,19H,5-8,11,24H2,1-2H3/t13-,19+/m0/s1. The minimum absolute atomic E-state index is 0.0533. The van der Waals surface area contributed by atoms with Crippen LogP contribution in [-0.4, -0.2) is 51.6 Å². The lowest BCUT2D eigenvalue weighted by molar-refractivity contribution is 0.0974. The van der Waals surface area contributed by atoms with Crippen molar-refractivity contribution < 1.29 is 9.13 Å². The summed E-state index contributed by atoms with van der Waals surface area (Å²) < 4.78 is 21.7. The van der Waals surface area contributed by atoms with Gasteiger partial charge in [-0.2, -0.15) is 5.10 Å². The van der Waals surface area contributed by atoms with Crippen molar-refractivity contribution in [3.05, 3.63) is 40.9 Å². The molecule has 2 saturated heterocycles. The van der Waals surface area contributed by atoms with Crippen LogP contribution in [0.25, 0.3) is 16.9 Å². The summed E-state index contributed by atoms with van der Waals surface area (Å²) in [6.45, 7) is 6.29. The van der Waals surface area contributed by atoms with Gasteiger partial charge in [0.2, 0.25) is 0 Å². The molecule has 7 nitrogen and oxygen atoms in total. The van der Waals surface area contributed by atoms with E-state index in [0.717, 1.165) is 43.9 Å². The molecule has 0 saturated carbocycles. The average molecular weight is 431 g/mol. The van der Waals surface area contributed by atoms with Gasteiger partial charge in [0.25, 0.3) is 0 Å². The molecule has 0 aliphatic carbocycles. The van der Waals surface area contributed by atoms with Gasteiger partial charge in [0.15, 0.2) is 11.5 Å². The molecule has 2 aromatic heterocycles. The van der Waals surface area contributed by atoms with Crippen LogP contribution in [0, 0.1) is 18.2 Å². The van der Waals surface area contributed by atoms with Crippen LogP contribution < -0.4 is 10.6 Å². The van der Waals surface area contributed by atoms with Crippen LogP contribution in [-0.2, 0) is 4.74 Å². The Morgan fingerprint density at radius 2 is 2.03 bits per heavy atom. The lowest BCUT2D eigenvalue weighted by Gasteiger charge is -2.41. The van der Waals surface area contributed by atoms with E-state index in [-0.39, 0.29) is 23.2 Å². The van der Waals surface area contributed by atoms with E-state index in [4.69, 9.17) is 27.1 Å². The quantitative estimate of drug-likeness (QED) is 0.672. The fourth-order valence-corrected chi connectivity index (χ4v) is 4.84. The molecule has 1 spiro atoms. The third kappa shape index (κ3) is 2.97. The minimum Gasteiger partial charge on any atom is -0.376 e. The SMILES string of the molecule is Cc1ccc(F)c(-n2ncc3nc(N4CCC5(CC4)CO[C@@H](C)[C@H]5N)cnc32)c1Cl. The van der Waals surface area contributed by atoms with Crippen molar-refractivity contribution >= 4 is 28.6 Å². The van der Waals surface area contributed by atoms with Gasteiger partial charge in [-0.3, -0.25) is 0 Å². The summed E-state index contributed by atoms with van der Waals surface area (Å²) in [4.78, 5) is 11.5. The number of nitrogens with zero attached hydrogens (tertiary/aromatic N) is 5. The molecule has 0 radical (unpaired) electrons. The zero-order valence-corrected chi connectivity index (χ0v) is 17.7. The van der Waals surface area contributed by atoms with Crippen LogP contribution in [0.4, 0.5) is 10.2 Å². The Morgan fingerprint density at radius 1 is 1.27 bits per heavy atom. The van der Waals surface area contributed by atoms with Gasteiger partial charge in [0.1, 0.15) is 17.0 Å². The zero-order valence-electron chi connectivity index (χ0n) is 17.0. The Hall–Kier alpha value is -2.29. The Bertz CT molecular complexity index is 1110. The smallest absolute Gasteiger partial charge is 0.181 e. The van der Waals surface area contributed by atoms with Crippen LogP contribution in [0.2, 0.25) is 5.02 Å². The van der Waals surface area contributed by atoms with E-state index in [0.29, 0.717) is 16.2 Å². The molecule has 5 rings (SSSR count). The van der Waals surface area contributed by atoms with Crippen LogP contribution >= 0.6 is 11.6 Å². The Kier molecular flexibility index (Phi) is 4.68. The van der Waals surface area contributed by atoms with Gasteiger partial charge in [0, 0.05) is 24.5 Å². The van der Waals surface area contributed by atoms with Crippen molar-refractivity contribution in [2.24, 2.45) is 11.1 Å². The number of halogens is 2. The topological polar surface area (TPSA) is 82.1 Å². The van der Waals surface area contributed by atoms with Crippen molar-refractivity contribution in [3.63, 3.8) is 0 Å². The summed E-state index contributed by atoms with van der Waals surface area (Å²) in [7, 11) is 0. The van der Waals surface area contributed by atoms with Crippen LogP contribution in [0.15, 0.2) is 24.5 Å². The number of fused-ring (bicyclic) bond motifs is 1. The fourth-order valence-electron chi connectivity index (χ4n) is 4.61. The van der Waals surface area contributed by atoms with E-state index < -0.39 is 5.82 Å². The average Bonchev–Trinajstić information content (AvgIpc) is 3.28. The van der Waals surface area contributed by atoms with E-state index in [9.17, 15) is 4.39 Å². The van der Waals surface area contributed by atoms with Gasteiger partial charge in [0.05, 0.1) is 30.1 Å². The van der Waals surface area contributed by atoms with Crippen molar-refractivity contribution in [3.8, 4) is 5.69 Å². The van der Waals surface area contributed by atoms with Crippen LogP contribution in [0.3, 0.4) is 0 Å². The lowest BCUT2D eigenvalue weighted by Crippen LogP contribution is -2.50. The van der Waals surface area contributed by atoms with E-state index >= 15 is 0 Å². The molecule has 4 heterocycles. The predicted molar refractivity (Wildman–Crippen MR) is 114 cm³/mol. The predicted octanol–water partition coefficient (Wildman–Crippen LogP) is 3.25. The molecule has 158 valence electrons. The highest BCUT2D eigenvalue weighted by atomic mass is 35.5. The highest BCUT2D eigenvalue weighted by Crippen LogP contribution is 2.41. The second kappa shape index (κ2) is 7.14. The summed E-state index contributed by atoms with van der Waals surface area (Å²) in [5, 5.41) is 4.62. The fraction of sp³-hybridized carbons (Fsp3) is 0.476. The third-order valence-electron chi connectivity index (χ3n) is 6.66. The van der Waals surface area contributed by atoms with Gasteiger partial charge in [-0.25, -0.2) is 19.0 Å². The van der Waals surface area contributed by atoms with Gasteiger partial charge >= 0.3 is 0 Å². The lowest BCUT2D eigenvalue weighted by atomic mass is 9.73. The first kappa shape index (κ1) is 19.7. The van der Waals surface area contributed by atoms with Crippen molar-refractivity contribution in [1.82, 2.24) is 19.7 Å². The van der Waals surface area contributed by atoms with Crippen LogP contribution in [0.1, 0.15) is 25.3 Å². The normalized spacial score (nSPS) is 23.6. The number of aryl methyl sites for hydroxylation is 1. The van der Waals surface area contributed by atoms with Crippen molar-refractivity contribution in [2.75, 3.05) is 24.6 Å². The maximum Gasteiger partial charge on any atom is 0.181 e. The highest BCUT2D eigenvalue weighted by molar-refractivity contribution is 6.33. The minimum atomic E-state index is -0.452. The summed E-state index contributed by atoms with van der Waals surface area (Å²) in [5.74, 6) is 0.334. The van der Waals surface area contributed by atoms with E-state index in [1.165, 1.54) is 10.7 Å². The molecular formula is C21H24ClFN6O. The molecule has 2 N–H and O–H groups in total. The number of rotatable bonds is 2. The number of ether oxygens (including phenoxy) is 1. The molecular weight excluding hydrogens is 407 g/mol. The largest absolute Gasteiger partial charge is 0.376 e. The first-order chi connectivity index (χ1) is 14.4. The monoisotopic (exact) mass is 430 g/mol. The summed E-state index contributed by atoms with van der Waals surface area (Å²) in [5.41, 5.74) is 8.50. The number of benzene rings is 1. The van der Waals surface area contributed by atoms with Gasteiger partial charge in [-0.15, -0.1) is 0 Å². The molecule has 1 aromatic carbocycles. The van der Waals surface area contributed by atoms with Gasteiger partial charge in [-0.05, 0) is 38.3 Å². The molecule has 3 aromatic rings. The zero-order chi connectivity index (χ0) is 21.0. The first-order valence-electron chi connectivity index (χ1n) is 10.2. The third-order valence-corrected chi connectivity index (χ3v) is 7.14. The molecule has 2 fully saturated rings. The Labute approximate surface area is 179 Å². The number of hydrogen-bond acceptors (Lipinski definition) is 6. The van der Waals surface area contributed by atoms with Crippen molar-refractivity contribution in [1.29, 1.82) is 0 Å². The molecule has 2 aliphatic rings. The van der Waals surface area contributed by atoms with Gasteiger partial charge < -0.3 is 15.4 Å². The maximum absolute atomic E-state index is 14.5. The van der Waals surface area contributed by atoms with E-state index in [2.05, 4.69) is 15.0 Å². The van der Waals surface area contributed by atoms with E-state index in [1.54, 1.807) is 18.5 Å².